The molecule has 0 unspecified atom stereocenters. The summed E-state index contributed by atoms with van der Waals surface area (Å²) in [7, 11) is 0. The van der Waals surface area contributed by atoms with E-state index in [1.165, 1.54) is 6.42 Å². The number of aliphatic hydroxyl groups excluding tert-OH is 1. The van der Waals surface area contributed by atoms with E-state index in [4.69, 9.17) is 0 Å². The Morgan fingerprint density at radius 3 is 2.39 bits per heavy atom. The number of hydrogen-bond acceptors (Lipinski definition) is 3. The lowest BCUT2D eigenvalue weighted by molar-refractivity contribution is -0.274. The Bertz CT molecular complexity index is 517. The molecule has 3 nitrogen and oxygen atoms in total. The van der Waals surface area contributed by atoms with Gasteiger partial charge in [-0.1, -0.05) is 20.3 Å². The molecule has 0 amide bonds. The van der Waals surface area contributed by atoms with Crippen molar-refractivity contribution < 1.29 is 15.3 Å². The average Bonchev–Trinajstić information content (AvgIpc) is 2.89. The molecule has 4 aliphatic carbocycles. The molecule has 4 aliphatic rings. The van der Waals surface area contributed by atoms with Gasteiger partial charge in [0.15, 0.2) is 0 Å². The van der Waals surface area contributed by atoms with Crippen LogP contribution in [0.2, 0.25) is 0 Å². The molecule has 132 valence electrons. The van der Waals surface area contributed by atoms with Crippen LogP contribution in [0, 0.1) is 28.1 Å². The van der Waals surface area contributed by atoms with Gasteiger partial charge in [-0.15, -0.1) is 0 Å². The summed E-state index contributed by atoms with van der Waals surface area (Å²) in [5, 5.41) is 32.7. The maximum atomic E-state index is 11.7. The van der Waals surface area contributed by atoms with Crippen molar-refractivity contribution in [1.29, 1.82) is 0 Å². The molecule has 3 N–H and O–H groups in total. The van der Waals surface area contributed by atoms with Crippen LogP contribution in [0.4, 0.5) is 0 Å². The zero-order valence-corrected chi connectivity index (χ0v) is 15.1. The Labute approximate surface area is 140 Å². The summed E-state index contributed by atoms with van der Waals surface area (Å²) in [4.78, 5) is 0. The zero-order valence-electron chi connectivity index (χ0n) is 15.1. The van der Waals surface area contributed by atoms with E-state index in [9.17, 15) is 15.3 Å². The predicted octanol–water partition coefficient (Wildman–Crippen LogP) is 3.26. The van der Waals surface area contributed by atoms with Crippen LogP contribution in [0.1, 0.15) is 78.6 Å². The van der Waals surface area contributed by atoms with Crippen LogP contribution in [0.15, 0.2) is 0 Å². The third-order valence-electron chi connectivity index (χ3n) is 9.29. The maximum absolute atomic E-state index is 11.7. The molecule has 0 aliphatic heterocycles. The quantitative estimate of drug-likeness (QED) is 0.694. The molecule has 0 aromatic heterocycles. The van der Waals surface area contributed by atoms with E-state index >= 15 is 0 Å². The molecule has 4 saturated carbocycles. The van der Waals surface area contributed by atoms with Crippen molar-refractivity contribution >= 4 is 0 Å². The molecule has 0 saturated heterocycles. The normalized spacial score (nSPS) is 61.8. The second-order valence-corrected chi connectivity index (χ2v) is 10.3. The van der Waals surface area contributed by atoms with Gasteiger partial charge in [-0.2, -0.15) is 0 Å². The SMILES string of the molecule is C[C@@]1(CO)CCC[C@@]2(C)[C@H]1CC[C@@]1(O)C[C@@](C)(O)[C@@H]3CC[C@@]12C3. The minimum absolute atomic E-state index is 0.00112. The van der Waals surface area contributed by atoms with E-state index in [0.717, 1.165) is 44.9 Å². The summed E-state index contributed by atoms with van der Waals surface area (Å²) in [5.74, 6) is 0.830. The van der Waals surface area contributed by atoms with Gasteiger partial charge in [0.25, 0.3) is 0 Å². The molecule has 4 rings (SSSR count). The fourth-order valence-electron chi connectivity index (χ4n) is 8.07. The Morgan fingerprint density at radius 1 is 0.957 bits per heavy atom. The van der Waals surface area contributed by atoms with E-state index < -0.39 is 11.2 Å². The Balaban J connectivity index is 1.82. The fraction of sp³-hybridized carbons (Fsp3) is 1.00. The van der Waals surface area contributed by atoms with E-state index in [1.807, 2.05) is 6.92 Å². The molecule has 7 atom stereocenters. The highest BCUT2D eigenvalue weighted by molar-refractivity contribution is 5.23. The molecule has 2 bridgehead atoms. The molecule has 0 heterocycles. The van der Waals surface area contributed by atoms with Gasteiger partial charge >= 0.3 is 0 Å². The van der Waals surface area contributed by atoms with Crippen LogP contribution >= 0.6 is 0 Å². The monoisotopic (exact) mass is 322 g/mol. The maximum Gasteiger partial charge on any atom is 0.0736 e. The van der Waals surface area contributed by atoms with Crippen LogP contribution in [-0.2, 0) is 0 Å². The van der Waals surface area contributed by atoms with Crippen LogP contribution in [0.5, 0.6) is 0 Å². The number of aliphatic hydroxyl groups is 3. The highest BCUT2D eigenvalue weighted by Gasteiger charge is 2.73. The van der Waals surface area contributed by atoms with Gasteiger partial charge in [0, 0.05) is 18.4 Å². The van der Waals surface area contributed by atoms with E-state index in [1.54, 1.807) is 0 Å². The fourth-order valence-corrected chi connectivity index (χ4v) is 8.07. The Kier molecular flexibility index (Phi) is 3.22. The Morgan fingerprint density at radius 2 is 1.70 bits per heavy atom. The van der Waals surface area contributed by atoms with Crippen LogP contribution in [0.25, 0.3) is 0 Å². The number of fused-ring (bicyclic) bond motifs is 2. The standard InChI is InChI=1S/C20H34O3/c1-16(13-21)7-4-8-17(2)15(16)6-10-20(23)12-18(3,22)14-5-9-19(17,20)11-14/h14-15,21-23H,4-13H2,1-3H3/t14-,15+,16+,17+,18-,19+,20-/m1/s1. The molecule has 0 aromatic carbocycles. The largest absolute Gasteiger partial charge is 0.396 e. The van der Waals surface area contributed by atoms with Crippen LogP contribution < -0.4 is 0 Å². The van der Waals surface area contributed by atoms with Gasteiger partial charge in [0.05, 0.1) is 11.2 Å². The van der Waals surface area contributed by atoms with Gasteiger partial charge in [-0.3, -0.25) is 0 Å². The first-order valence-corrected chi connectivity index (χ1v) is 9.68. The number of rotatable bonds is 1. The third kappa shape index (κ3) is 1.77. The van der Waals surface area contributed by atoms with Crippen molar-refractivity contribution in [2.75, 3.05) is 6.61 Å². The van der Waals surface area contributed by atoms with E-state index in [0.29, 0.717) is 18.3 Å². The van der Waals surface area contributed by atoms with Gasteiger partial charge in [0.1, 0.15) is 0 Å². The summed E-state index contributed by atoms with van der Waals surface area (Å²) < 4.78 is 0. The summed E-state index contributed by atoms with van der Waals surface area (Å²) in [6.45, 7) is 6.89. The second-order valence-electron chi connectivity index (χ2n) is 10.3. The molecular weight excluding hydrogens is 288 g/mol. The highest BCUT2D eigenvalue weighted by atomic mass is 16.3. The zero-order chi connectivity index (χ0) is 16.7. The van der Waals surface area contributed by atoms with E-state index in [2.05, 4.69) is 13.8 Å². The van der Waals surface area contributed by atoms with Crippen LogP contribution in [0.3, 0.4) is 0 Å². The average molecular weight is 322 g/mol. The molecular formula is C20H34O3. The number of hydrogen-bond donors (Lipinski definition) is 3. The van der Waals surface area contributed by atoms with Crippen molar-refractivity contribution in [1.82, 2.24) is 0 Å². The van der Waals surface area contributed by atoms with Gasteiger partial charge in [-0.05, 0) is 74.5 Å². The molecule has 0 aromatic rings. The second kappa shape index (κ2) is 4.53. The lowest BCUT2D eigenvalue weighted by atomic mass is 9.37. The minimum atomic E-state index is -0.720. The first kappa shape index (κ1) is 16.4. The van der Waals surface area contributed by atoms with Crippen molar-refractivity contribution in [3.63, 3.8) is 0 Å². The molecule has 3 heteroatoms. The van der Waals surface area contributed by atoms with Crippen molar-refractivity contribution in [2.45, 2.75) is 89.8 Å². The molecule has 1 spiro atoms. The van der Waals surface area contributed by atoms with Gasteiger partial charge in [0.2, 0.25) is 0 Å². The Hall–Kier alpha value is -0.120. The summed E-state index contributed by atoms with van der Waals surface area (Å²) in [5.41, 5.74) is -1.38. The van der Waals surface area contributed by atoms with Gasteiger partial charge in [-0.25, -0.2) is 0 Å². The van der Waals surface area contributed by atoms with Crippen LogP contribution in [-0.4, -0.2) is 33.1 Å². The summed E-state index contributed by atoms with van der Waals surface area (Å²) in [6.07, 6.45) is 8.85. The smallest absolute Gasteiger partial charge is 0.0736 e. The molecule has 4 fully saturated rings. The van der Waals surface area contributed by atoms with Gasteiger partial charge < -0.3 is 15.3 Å². The van der Waals surface area contributed by atoms with Crippen molar-refractivity contribution in [3.8, 4) is 0 Å². The lowest BCUT2D eigenvalue weighted by Gasteiger charge is -2.69. The third-order valence-corrected chi connectivity index (χ3v) is 9.29. The van der Waals surface area contributed by atoms with Crippen molar-refractivity contribution in [2.24, 2.45) is 28.1 Å². The first-order valence-electron chi connectivity index (χ1n) is 9.68. The molecule has 0 radical (unpaired) electrons. The minimum Gasteiger partial charge on any atom is -0.396 e. The summed E-state index contributed by atoms with van der Waals surface area (Å²) in [6, 6.07) is 0. The summed E-state index contributed by atoms with van der Waals surface area (Å²) >= 11 is 0. The van der Waals surface area contributed by atoms with E-state index in [-0.39, 0.29) is 22.9 Å². The highest BCUT2D eigenvalue weighted by Crippen LogP contribution is 2.76. The molecule has 23 heavy (non-hydrogen) atoms. The topological polar surface area (TPSA) is 60.7 Å². The predicted molar refractivity (Wildman–Crippen MR) is 89.8 cm³/mol. The first-order chi connectivity index (χ1) is 10.6. The van der Waals surface area contributed by atoms with Crippen molar-refractivity contribution in [3.05, 3.63) is 0 Å². The lowest BCUT2D eigenvalue weighted by Crippen LogP contribution is -2.69.